The molecule has 4 nitrogen and oxygen atoms in total. The van der Waals surface area contributed by atoms with E-state index in [0.717, 1.165) is 65.9 Å². The lowest BCUT2D eigenvalue weighted by molar-refractivity contribution is 0.669. The summed E-state index contributed by atoms with van der Waals surface area (Å²) >= 11 is 0. The Morgan fingerprint density at radius 3 is 1.80 bits per heavy atom. The molecule has 0 radical (unpaired) electrons. The molecule has 0 N–H and O–H groups in total. The summed E-state index contributed by atoms with van der Waals surface area (Å²) in [4.78, 5) is 15.2. The molecule has 0 atom stereocenters. The lowest BCUT2D eigenvalue weighted by atomic mass is 9.92. The minimum atomic E-state index is 0.643. The molecule has 0 saturated heterocycles. The van der Waals surface area contributed by atoms with E-state index in [1.165, 1.54) is 16.2 Å². The molecule has 0 aliphatic carbocycles. The van der Waals surface area contributed by atoms with Crippen LogP contribution in [0.2, 0.25) is 0 Å². The number of nitrogens with zero attached hydrogens (tertiary/aromatic N) is 3. The Morgan fingerprint density at radius 1 is 0.327 bits per heavy atom. The van der Waals surface area contributed by atoms with Crippen LogP contribution in [0.3, 0.4) is 0 Å². The highest BCUT2D eigenvalue weighted by molar-refractivity contribution is 6.19. The number of hydrogen-bond donors (Lipinski definition) is 0. The minimum absolute atomic E-state index is 0.643. The Kier molecular flexibility index (Phi) is 6.15. The van der Waals surface area contributed by atoms with Crippen LogP contribution < -0.4 is 0 Å². The zero-order valence-corrected chi connectivity index (χ0v) is 26.3. The van der Waals surface area contributed by atoms with Crippen LogP contribution in [0, 0.1) is 0 Å². The summed E-state index contributed by atoms with van der Waals surface area (Å²) < 4.78 is 6.23. The molecule has 4 heteroatoms. The van der Waals surface area contributed by atoms with Crippen LogP contribution in [0.5, 0.6) is 0 Å². The largest absolute Gasteiger partial charge is 0.456 e. The van der Waals surface area contributed by atoms with E-state index in [9.17, 15) is 0 Å². The molecule has 8 aromatic carbocycles. The Balaban J connectivity index is 1.17. The second-order valence-electron chi connectivity index (χ2n) is 12.4. The van der Waals surface area contributed by atoms with Gasteiger partial charge in [-0.25, -0.2) is 15.0 Å². The number of benzene rings is 8. The van der Waals surface area contributed by atoms with Crippen LogP contribution in [0.1, 0.15) is 0 Å². The zero-order chi connectivity index (χ0) is 32.3. The molecular formula is C45H27N3O. The van der Waals surface area contributed by atoms with E-state index in [0.29, 0.717) is 17.5 Å². The van der Waals surface area contributed by atoms with Crippen LogP contribution in [-0.2, 0) is 0 Å². The van der Waals surface area contributed by atoms with E-state index in [1.54, 1.807) is 0 Å². The molecule has 2 aromatic heterocycles. The van der Waals surface area contributed by atoms with Crippen molar-refractivity contribution < 1.29 is 4.42 Å². The molecule has 10 aromatic rings. The fraction of sp³-hybridized carbons (Fsp3) is 0. The number of para-hydroxylation sites is 1. The molecule has 0 amide bonds. The van der Waals surface area contributed by atoms with Gasteiger partial charge in [-0.15, -0.1) is 0 Å². The Morgan fingerprint density at radius 2 is 0.939 bits per heavy atom. The van der Waals surface area contributed by atoms with Crippen molar-refractivity contribution in [3.05, 3.63) is 164 Å². The monoisotopic (exact) mass is 625 g/mol. The fourth-order valence-electron chi connectivity index (χ4n) is 7.13. The fourth-order valence-corrected chi connectivity index (χ4v) is 7.13. The van der Waals surface area contributed by atoms with E-state index in [4.69, 9.17) is 19.4 Å². The van der Waals surface area contributed by atoms with Crippen molar-refractivity contribution in [2.45, 2.75) is 0 Å². The highest BCUT2D eigenvalue weighted by Crippen LogP contribution is 2.40. The van der Waals surface area contributed by atoms with Gasteiger partial charge in [0.25, 0.3) is 0 Å². The van der Waals surface area contributed by atoms with Crippen LogP contribution in [0.25, 0.3) is 99.5 Å². The van der Waals surface area contributed by atoms with Crippen molar-refractivity contribution in [3.8, 4) is 45.3 Å². The van der Waals surface area contributed by atoms with Crippen molar-refractivity contribution in [2.75, 3.05) is 0 Å². The number of hydrogen-bond acceptors (Lipinski definition) is 4. The molecule has 0 spiro atoms. The smallest absolute Gasteiger partial charge is 0.164 e. The maximum atomic E-state index is 6.23. The quantitative estimate of drug-likeness (QED) is 0.195. The van der Waals surface area contributed by atoms with Gasteiger partial charge in [0.15, 0.2) is 17.5 Å². The number of fused-ring (bicyclic) bond motifs is 7. The SMILES string of the molecule is c1ccc(-c2nc(-c3ccc4ccccc4c3)nc(-c3ccc(-c4ccc5ccc6oc7ccccc7c6c5c4)c4ccccc34)n2)cc1. The van der Waals surface area contributed by atoms with Crippen molar-refractivity contribution >= 4 is 54.3 Å². The first kappa shape index (κ1) is 27.5. The highest BCUT2D eigenvalue weighted by atomic mass is 16.3. The maximum Gasteiger partial charge on any atom is 0.164 e. The van der Waals surface area contributed by atoms with Gasteiger partial charge in [0.1, 0.15) is 11.2 Å². The lowest BCUT2D eigenvalue weighted by Crippen LogP contribution is -2.00. The molecule has 0 saturated carbocycles. The van der Waals surface area contributed by atoms with E-state index in [2.05, 4.69) is 121 Å². The van der Waals surface area contributed by atoms with Gasteiger partial charge in [-0.1, -0.05) is 133 Å². The van der Waals surface area contributed by atoms with Crippen molar-refractivity contribution in [3.63, 3.8) is 0 Å². The summed E-state index contributed by atoms with van der Waals surface area (Å²) in [5.41, 5.74) is 6.96. The molecular weight excluding hydrogens is 599 g/mol. The van der Waals surface area contributed by atoms with Gasteiger partial charge in [-0.05, 0) is 73.8 Å². The van der Waals surface area contributed by atoms with Crippen molar-refractivity contribution in [1.82, 2.24) is 15.0 Å². The van der Waals surface area contributed by atoms with Gasteiger partial charge < -0.3 is 4.42 Å². The van der Waals surface area contributed by atoms with Gasteiger partial charge >= 0.3 is 0 Å². The lowest BCUT2D eigenvalue weighted by Gasteiger charge is -2.14. The van der Waals surface area contributed by atoms with Gasteiger partial charge in [-0.2, -0.15) is 0 Å². The third-order valence-electron chi connectivity index (χ3n) is 9.51. The van der Waals surface area contributed by atoms with E-state index in [1.807, 2.05) is 42.5 Å². The Bertz CT molecular complexity index is 2890. The summed E-state index contributed by atoms with van der Waals surface area (Å²) in [5, 5.41) is 9.19. The topological polar surface area (TPSA) is 51.8 Å². The van der Waals surface area contributed by atoms with Crippen LogP contribution >= 0.6 is 0 Å². The molecule has 0 fully saturated rings. The highest BCUT2D eigenvalue weighted by Gasteiger charge is 2.17. The molecule has 0 unspecified atom stereocenters. The molecule has 0 aliphatic heterocycles. The first-order valence-corrected chi connectivity index (χ1v) is 16.4. The number of aromatic nitrogens is 3. The standard InChI is InChI=1S/C45H27N3O/c1-2-11-30(12-3-1)43-46-44(33-21-18-28-10-4-5-13-31(28)26-33)48-45(47-43)37-24-23-34(35-14-6-7-15-36(35)37)32-20-19-29-22-25-41-42(39(29)27-32)38-16-8-9-17-40(38)49-41/h1-27H. The van der Waals surface area contributed by atoms with Gasteiger partial charge in [0.05, 0.1) is 0 Å². The second-order valence-corrected chi connectivity index (χ2v) is 12.4. The maximum absolute atomic E-state index is 6.23. The Labute approximate surface area is 282 Å². The van der Waals surface area contributed by atoms with E-state index >= 15 is 0 Å². The first-order valence-electron chi connectivity index (χ1n) is 16.4. The molecule has 10 rings (SSSR count). The summed E-state index contributed by atoms with van der Waals surface area (Å²) in [6.45, 7) is 0. The van der Waals surface area contributed by atoms with Crippen LogP contribution in [-0.4, -0.2) is 15.0 Å². The first-order chi connectivity index (χ1) is 24.3. The predicted octanol–water partition coefficient (Wildman–Crippen LogP) is 11.9. The zero-order valence-electron chi connectivity index (χ0n) is 26.3. The molecule has 2 heterocycles. The molecule has 0 aliphatic rings. The molecule has 49 heavy (non-hydrogen) atoms. The van der Waals surface area contributed by atoms with Crippen molar-refractivity contribution in [1.29, 1.82) is 0 Å². The third-order valence-corrected chi connectivity index (χ3v) is 9.51. The Hall–Kier alpha value is -6.65. The summed E-state index contributed by atoms with van der Waals surface area (Å²) in [6, 6.07) is 57.0. The molecule has 0 bridgehead atoms. The second kappa shape index (κ2) is 11.0. The van der Waals surface area contributed by atoms with Crippen LogP contribution in [0.4, 0.5) is 0 Å². The normalized spacial score (nSPS) is 11.7. The molecule has 228 valence electrons. The van der Waals surface area contributed by atoms with Gasteiger partial charge in [0, 0.05) is 27.5 Å². The van der Waals surface area contributed by atoms with E-state index in [-0.39, 0.29) is 0 Å². The van der Waals surface area contributed by atoms with Crippen molar-refractivity contribution in [2.24, 2.45) is 0 Å². The van der Waals surface area contributed by atoms with E-state index < -0.39 is 0 Å². The average molecular weight is 626 g/mol. The summed E-state index contributed by atoms with van der Waals surface area (Å²) in [6.07, 6.45) is 0. The predicted molar refractivity (Wildman–Crippen MR) is 201 cm³/mol. The van der Waals surface area contributed by atoms with Gasteiger partial charge in [0.2, 0.25) is 0 Å². The van der Waals surface area contributed by atoms with Gasteiger partial charge in [-0.3, -0.25) is 0 Å². The number of furan rings is 1. The minimum Gasteiger partial charge on any atom is -0.456 e. The third kappa shape index (κ3) is 4.57. The number of rotatable bonds is 4. The summed E-state index contributed by atoms with van der Waals surface area (Å²) in [5.74, 6) is 1.94. The average Bonchev–Trinajstić information content (AvgIpc) is 3.57. The van der Waals surface area contributed by atoms with Crippen LogP contribution in [0.15, 0.2) is 168 Å². The summed E-state index contributed by atoms with van der Waals surface area (Å²) in [7, 11) is 0.